The fourth-order valence-electron chi connectivity index (χ4n) is 2.45. The minimum atomic E-state index is -3.77. The monoisotopic (exact) mass is 350 g/mol. The van der Waals surface area contributed by atoms with E-state index in [1.54, 1.807) is 36.4 Å². The van der Waals surface area contributed by atoms with E-state index in [0.717, 1.165) is 5.56 Å². The van der Waals surface area contributed by atoms with Crippen LogP contribution < -0.4 is 9.79 Å². The van der Waals surface area contributed by atoms with Crippen LogP contribution in [0.15, 0.2) is 53.4 Å². The zero-order chi connectivity index (χ0) is 16.6. The average Bonchev–Trinajstić information content (AvgIpc) is 2.51. The number of nitrogens with one attached hydrogen (secondary N) is 2. The molecule has 0 amide bonds. The first-order valence-corrected chi connectivity index (χ1v) is 8.86. The van der Waals surface area contributed by atoms with E-state index < -0.39 is 10.0 Å². The Morgan fingerprint density at radius 2 is 1.87 bits per heavy atom. The van der Waals surface area contributed by atoms with Crippen molar-refractivity contribution in [3.63, 3.8) is 0 Å². The smallest absolute Gasteiger partial charge is 0.262 e. The van der Waals surface area contributed by atoms with E-state index in [-0.39, 0.29) is 22.2 Å². The van der Waals surface area contributed by atoms with Crippen LogP contribution in [0.25, 0.3) is 5.03 Å². The summed E-state index contributed by atoms with van der Waals surface area (Å²) >= 11 is 6.12. The van der Waals surface area contributed by atoms with Crippen LogP contribution in [0.1, 0.15) is 11.1 Å². The third-order valence-electron chi connectivity index (χ3n) is 3.64. The molecule has 23 heavy (non-hydrogen) atoms. The lowest BCUT2D eigenvalue weighted by Gasteiger charge is -2.28. The van der Waals surface area contributed by atoms with E-state index in [1.165, 1.54) is 12.1 Å². The van der Waals surface area contributed by atoms with E-state index in [1.807, 2.05) is 6.92 Å². The zero-order valence-electron chi connectivity index (χ0n) is 12.3. The fraction of sp³-hybridized carbons (Fsp3) is 0.125. The number of anilines is 1. The quantitative estimate of drug-likeness (QED) is 0.835. The molecule has 2 N–H and O–H groups in total. The summed E-state index contributed by atoms with van der Waals surface area (Å²) in [6.45, 7) is 2.04. The molecule has 0 radical (unpaired) electrons. The van der Waals surface area contributed by atoms with E-state index in [9.17, 15) is 13.6 Å². The van der Waals surface area contributed by atoms with Crippen molar-refractivity contribution >= 4 is 38.0 Å². The van der Waals surface area contributed by atoms with Crippen LogP contribution >= 0.6 is 11.6 Å². The molecule has 0 saturated carbocycles. The first-order valence-electron chi connectivity index (χ1n) is 7.00. The Balaban J connectivity index is 2.03. The summed E-state index contributed by atoms with van der Waals surface area (Å²) in [5.41, 5.74) is 2.08. The van der Waals surface area contributed by atoms with Gasteiger partial charge in [0.25, 0.3) is 10.0 Å². The Morgan fingerprint density at radius 3 is 2.57 bits per heavy atom. The van der Waals surface area contributed by atoms with Gasteiger partial charge in [0.2, 0.25) is 0 Å². The molecule has 1 heterocycles. The number of quaternary nitrogens is 1. The van der Waals surface area contributed by atoms with Crippen LogP contribution in [0.3, 0.4) is 0 Å². The SMILES string of the molecule is Cc1ccc(S(=O)(=O)Nc2cccc3c2[NH+]([O-])CC=C3Cl)cc1. The highest BCUT2D eigenvalue weighted by atomic mass is 35.5. The van der Waals surface area contributed by atoms with Gasteiger partial charge in [0, 0.05) is 0 Å². The number of hydrogen-bond donors (Lipinski definition) is 2. The number of rotatable bonds is 3. The predicted molar refractivity (Wildman–Crippen MR) is 91.1 cm³/mol. The zero-order valence-corrected chi connectivity index (χ0v) is 13.9. The number of benzene rings is 2. The summed E-state index contributed by atoms with van der Waals surface area (Å²) in [7, 11) is -3.77. The maximum atomic E-state index is 12.5. The maximum absolute atomic E-state index is 12.5. The average molecular weight is 351 g/mol. The van der Waals surface area contributed by atoms with Gasteiger partial charge >= 0.3 is 0 Å². The topological polar surface area (TPSA) is 73.7 Å². The second-order valence-corrected chi connectivity index (χ2v) is 7.42. The number of halogens is 1. The Bertz CT molecular complexity index is 877. The number of sulfonamides is 1. The van der Waals surface area contributed by atoms with Crippen molar-refractivity contribution < 1.29 is 13.5 Å². The van der Waals surface area contributed by atoms with Crippen molar-refractivity contribution in [3.05, 3.63) is 64.9 Å². The Hall–Kier alpha value is -1.86. The van der Waals surface area contributed by atoms with Gasteiger partial charge in [-0.25, -0.2) is 8.42 Å². The molecular formula is C16H15ClN2O3S. The number of para-hydroxylation sites is 1. The standard InChI is InChI=1S/C16H15ClN2O3S/c1-11-5-7-12(8-6-11)23(21,22)18-15-4-2-3-13-14(17)9-10-19(20)16(13)15/h2-9,18-19H,10H2,1H3. The van der Waals surface area contributed by atoms with Crippen LogP contribution in [-0.4, -0.2) is 15.0 Å². The lowest BCUT2D eigenvalue weighted by atomic mass is 10.1. The summed E-state index contributed by atoms with van der Waals surface area (Å²) in [5, 5.41) is 12.5. The number of fused-ring (bicyclic) bond motifs is 1. The molecule has 0 aliphatic carbocycles. The molecule has 0 saturated heterocycles. The highest BCUT2D eigenvalue weighted by molar-refractivity contribution is 7.92. The van der Waals surface area contributed by atoms with Crippen LogP contribution in [0.4, 0.5) is 11.4 Å². The van der Waals surface area contributed by atoms with Gasteiger partial charge in [-0.2, -0.15) is 0 Å². The largest absolute Gasteiger partial charge is 0.629 e. The molecule has 1 unspecified atom stereocenters. The summed E-state index contributed by atoms with van der Waals surface area (Å²) in [6, 6.07) is 11.4. The molecule has 0 fully saturated rings. The van der Waals surface area contributed by atoms with Crippen molar-refractivity contribution in [2.75, 3.05) is 11.3 Å². The van der Waals surface area contributed by atoms with Gasteiger partial charge in [-0.3, -0.25) is 4.72 Å². The van der Waals surface area contributed by atoms with Gasteiger partial charge in [-0.05, 0) is 37.3 Å². The molecular weight excluding hydrogens is 336 g/mol. The first kappa shape index (κ1) is 16.0. The van der Waals surface area contributed by atoms with Crippen LogP contribution in [0.5, 0.6) is 0 Å². The van der Waals surface area contributed by atoms with Crippen molar-refractivity contribution in [2.45, 2.75) is 11.8 Å². The molecule has 1 atom stereocenters. The third kappa shape index (κ3) is 3.11. The van der Waals surface area contributed by atoms with Gasteiger partial charge in [0.1, 0.15) is 12.2 Å². The normalized spacial score (nSPS) is 17.3. The number of hydrogen-bond acceptors (Lipinski definition) is 3. The van der Waals surface area contributed by atoms with Crippen LogP contribution in [0, 0.1) is 12.1 Å². The molecule has 120 valence electrons. The lowest BCUT2D eigenvalue weighted by molar-refractivity contribution is -0.769. The van der Waals surface area contributed by atoms with Crippen molar-refractivity contribution in [1.82, 2.24) is 0 Å². The molecule has 0 aromatic heterocycles. The maximum Gasteiger partial charge on any atom is 0.262 e. The highest BCUT2D eigenvalue weighted by Crippen LogP contribution is 2.33. The van der Waals surface area contributed by atoms with Gasteiger partial charge in [-0.15, -0.1) is 0 Å². The molecule has 5 nitrogen and oxygen atoms in total. The van der Waals surface area contributed by atoms with Gasteiger partial charge < -0.3 is 10.3 Å². The predicted octanol–water partition coefficient (Wildman–Crippen LogP) is 2.40. The minimum absolute atomic E-state index is 0.144. The summed E-state index contributed by atoms with van der Waals surface area (Å²) in [4.78, 5) is 0.144. The number of aryl methyl sites for hydroxylation is 1. The van der Waals surface area contributed by atoms with Crippen LogP contribution in [-0.2, 0) is 10.0 Å². The van der Waals surface area contributed by atoms with E-state index in [0.29, 0.717) is 16.3 Å². The molecule has 0 spiro atoms. The Morgan fingerprint density at radius 1 is 1.17 bits per heavy atom. The molecule has 3 rings (SSSR count). The first-order chi connectivity index (χ1) is 10.9. The van der Waals surface area contributed by atoms with Gasteiger partial charge in [0.15, 0.2) is 5.69 Å². The van der Waals surface area contributed by atoms with Gasteiger partial charge in [-0.1, -0.05) is 35.4 Å². The summed E-state index contributed by atoms with van der Waals surface area (Å²) < 4.78 is 27.5. The second kappa shape index (κ2) is 5.98. The molecule has 2 aromatic carbocycles. The third-order valence-corrected chi connectivity index (χ3v) is 5.38. The van der Waals surface area contributed by atoms with Crippen molar-refractivity contribution in [3.8, 4) is 0 Å². The number of hydroxylamine groups is 1. The van der Waals surface area contributed by atoms with Crippen molar-refractivity contribution in [1.29, 1.82) is 0 Å². The molecule has 0 bridgehead atoms. The molecule has 2 aromatic rings. The molecule has 7 heteroatoms. The van der Waals surface area contributed by atoms with Crippen molar-refractivity contribution in [2.24, 2.45) is 0 Å². The second-order valence-electron chi connectivity index (χ2n) is 5.33. The van der Waals surface area contributed by atoms with E-state index >= 15 is 0 Å². The van der Waals surface area contributed by atoms with E-state index in [4.69, 9.17) is 11.6 Å². The highest BCUT2D eigenvalue weighted by Gasteiger charge is 2.24. The fourth-order valence-corrected chi connectivity index (χ4v) is 3.76. The van der Waals surface area contributed by atoms with Gasteiger partial charge in [0.05, 0.1) is 15.5 Å². The summed E-state index contributed by atoms with van der Waals surface area (Å²) in [5.74, 6) is 0. The molecule has 1 aliphatic rings. The Labute approximate surface area is 139 Å². The Kier molecular flexibility index (Phi) is 4.16. The van der Waals surface area contributed by atoms with E-state index in [2.05, 4.69) is 4.72 Å². The summed E-state index contributed by atoms with van der Waals surface area (Å²) in [6.07, 6.45) is 1.63. The lowest BCUT2D eigenvalue weighted by Crippen LogP contribution is -3.02. The van der Waals surface area contributed by atoms with Crippen LogP contribution in [0.2, 0.25) is 0 Å². The minimum Gasteiger partial charge on any atom is -0.629 e. The molecule has 1 aliphatic heterocycles.